The molecular formula is C11H19N5. The summed E-state index contributed by atoms with van der Waals surface area (Å²) >= 11 is 0. The quantitative estimate of drug-likeness (QED) is 0.778. The van der Waals surface area contributed by atoms with Gasteiger partial charge in [0.1, 0.15) is 6.33 Å². The van der Waals surface area contributed by atoms with Gasteiger partial charge in [-0.2, -0.15) is 0 Å². The van der Waals surface area contributed by atoms with Gasteiger partial charge in [-0.3, -0.25) is 0 Å². The van der Waals surface area contributed by atoms with Crippen LogP contribution in [0.1, 0.15) is 19.8 Å². The highest BCUT2D eigenvalue weighted by Crippen LogP contribution is 2.21. The first-order valence-electron chi connectivity index (χ1n) is 5.69. The first-order valence-corrected chi connectivity index (χ1v) is 5.69. The fourth-order valence-corrected chi connectivity index (χ4v) is 2.07. The van der Waals surface area contributed by atoms with Crippen molar-refractivity contribution in [3.05, 3.63) is 12.5 Å². The number of anilines is 2. The summed E-state index contributed by atoms with van der Waals surface area (Å²) in [4.78, 5) is 10.4. The van der Waals surface area contributed by atoms with Crippen LogP contribution in [0.25, 0.3) is 0 Å². The number of hydrogen-bond acceptors (Lipinski definition) is 5. The van der Waals surface area contributed by atoms with Crippen molar-refractivity contribution in [3.8, 4) is 0 Å². The number of rotatable bonds is 2. The molecule has 1 saturated heterocycles. The summed E-state index contributed by atoms with van der Waals surface area (Å²) in [5.74, 6) is 0.761. The van der Waals surface area contributed by atoms with E-state index in [4.69, 9.17) is 5.73 Å². The summed E-state index contributed by atoms with van der Waals surface area (Å²) < 4.78 is 0. The maximum absolute atomic E-state index is 5.80. The van der Waals surface area contributed by atoms with Crippen molar-refractivity contribution in [2.75, 3.05) is 24.6 Å². The Bertz CT molecular complexity index is 354. The molecule has 2 atom stereocenters. The number of nitrogens with one attached hydrogen (secondary N) is 1. The van der Waals surface area contributed by atoms with E-state index in [0.29, 0.717) is 17.8 Å². The third-order valence-electron chi connectivity index (χ3n) is 3.29. The molecule has 0 bridgehead atoms. The lowest BCUT2D eigenvalue weighted by molar-refractivity contribution is 0.190. The molecular weight excluding hydrogens is 202 g/mol. The minimum absolute atomic E-state index is 0.461. The maximum atomic E-state index is 5.80. The van der Waals surface area contributed by atoms with Gasteiger partial charge in [0.25, 0.3) is 0 Å². The Kier molecular flexibility index (Phi) is 3.24. The van der Waals surface area contributed by atoms with Gasteiger partial charge in [-0.15, -0.1) is 0 Å². The zero-order chi connectivity index (χ0) is 11.5. The molecule has 2 rings (SSSR count). The van der Waals surface area contributed by atoms with E-state index in [1.165, 1.54) is 6.33 Å². The van der Waals surface area contributed by atoms with Crippen LogP contribution in [0.3, 0.4) is 0 Å². The van der Waals surface area contributed by atoms with Crippen molar-refractivity contribution in [2.24, 2.45) is 0 Å². The summed E-state index contributed by atoms with van der Waals surface area (Å²) in [6.45, 7) is 3.36. The second-order valence-corrected chi connectivity index (χ2v) is 4.52. The van der Waals surface area contributed by atoms with Gasteiger partial charge in [0, 0.05) is 18.6 Å². The maximum Gasteiger partial charge on any atom is 0.152 e. The van der Waals surface area contributed by atoms with Crippen molar-refractivity contribution >= 4 is 11.5 Å². The number of nitrogens with two attached hydrogens (primary N) is 1. The molecule has 1 aromatic heterocycles. The second kappa shape index (κ2) is 4.65. The summed E-state index contributed by atoms with van der Waals surface area (Å²) in [6.07, 6.45) is 5.41. The largest absolute Gasteiger partial charge is 0.394 e. The van der Waals surface area contributed by atoms with E-state index in [0.717, 1.165) is 25.2 Å². The normalized spacial score (nSPS) is 26.6. The highest BCUT2D eigenvalue weighted by atomic mass is 15.2. The average molecular weight is 221 g/mol. The van der Waals surface area contributed by atoms with Gasteiger partial charge in [0.05, 0.1) is 11.9 Å². The number of likely N-dealkylation sites (tertiary alicyclic amines) is 1. The van der Waals surface area contributed by atoms with E-state index in [1.54, 1.807) is 6.20 Å². The molecule has 1 aliphatic heterocycles. The van der Waals surface area contributed by atoms with Gasteiger partial charge >= 0.3 is 0 Å². The van der Waals surface area contributed by atoms with Crippen molar-refractivity contribution in [3.63, 3.8) is 0 Å². The topological polar surface area (TPSA) is 67.1 Å². The monoisotopic (exact) mass is 221 g/mol. The molecule has 0 saturated carbocycles. The lowest BCUT2D eigenvalue weighted by atomic mass is 9.99. The number of nitrogens with zero attached hydrogens (tertiary/aromatic N) is 3. The molecule has 5 nitrogen and oxygen atoms in total. The number of nitrogen functional groups attached to an aromatic ring is 1. The first-order chi connectivity index (χ1) is 7.66. The lowest BCUT2D eigenvalue weighted by Crippen LogP contribution is -2.42. The molecule has 88 valence electrons. The van der Waals surface area contributed by atoms with Crippen molar-refractivity contribution in [1.29, 1.82) is 0 Å². The molecule has 3 N–H and O–H groups in total. The minimum Gasteiger partial charge on any atom is -0.394 e. The first kappa shape index (κ1) is 11.1. The van der Waals surface area contributed by atoms with E-state index in [9.17, 15) is 0 Å². The van der Waals surface area contributed by atoms with Gasteiger partial charge in [0.15, 0.2) is 5.82 Å². The number of hydrogen-bond donors (Lipinski definition) is 2. The van der Waals surface area contributed by atoms with Gasteiger partial charge in [-0.05, 0) is 26.8 Å². The fourth-order valence-electron chi connectivity index (χ4n) is 2.07. The van der Waals surface area contributed by atoms with Crippen LogP contribution in [-0.4, -0.2) is 40.5 Å². The zero-order valence-electron chi connectivity index (χ0n) is 9.85. The average Bonchev–Trinajstić information content (AvgIpc) is 2.27. The molecule has 1 aliphatic rings. The third-order valence-corrected chi connectivity index (χ3v) is 3.29. The predicted octanol–water partition coefficient (Wildman–Crippen LogP) is 0.953. The molecule has 1 aromatic rings. The van der Waals surface area contributed by atoms with Crippen LogP contribution >= 0.6 is 0 Å². The van der Waals surface area contributed by atoms with Crippen LogP contribution in [0, 0.1) is 0 Å². The number of aromatic nitrogens is 2. The van der Waals surface area contributed by atoms with E-state index in [2.05, 4.69) is 34.2 Å². The number of piperidine rings is 1. The van der Waals surface area contributed by atoms with Crippen LogP contribution in [0.15, 0.2) is 12.5 Å². The Labute approximate surface area is 96.1 Å². The summed E-state index contributed by atoms with van der Waals surface area (Å²) in [5.41, 5.74) is 6.42. The SMILES string of the molecule is CC1CC(Nc2ncncc2N)CCN1C. The van der Waals surface area contributed by atoms with Gasteiger partial charge in [-0.25, -0.2) is 9.97 Å². The van der Waals surface area contributed by atoms with E-state index >= 15 is 0 Å². The highest BCUT2D eigenvalue weighted by molar-refractivity contribution is 5.59. The Balaban J connectivity index is 1.98. The summed E-state index contributed by atoms with van der Waals surface area (Å²) in [6, 6.07) is 1.07. The summed E-state index contributed by atoms with van der Waals surface area (Å²) in [7, 11) is 2.17. The van der Waals surface area contributed by atoms with Gasteiger partial charge < -0.3 is 16.0 Å². The van der Waals surface area contributed by atoms with Crippen molar-refractivity contribution in [2.45, 2.75) is 31.8 Å². The third kappa shape index (κ3) is 2.41. The van der Waals surface area contributed by atoms with Crippen LogP contribution in [0.2, 0.25) is 0 Å². The fraction of sp³-hybridized carbons (Fsp3) is 0.636. The molecule has 0 amide bonds. The van der Waals surface area contributed by atoms with Gasteiger partial charge in [-0.1, -0.05) is 0 Å². The molecule has 2 unspecified atom stereocenters. The Morgan fingerprint density at radius 3 is 3.06 bits per heavy atom. The van der Waals surface area contributed by atoms with Gasteiger partial charge in [0.2, 0.25) is 0 Å². The summed E-state index contributed by atoms with van der Waals surface area (Å²) in [5, 5.41) is 3.40. The molecule has 1 fully saturated rings. The second-order valence-electron chi connectivity index (χ2n) is 4.52. The lowest BCUT2D eigenvalue weighted by Gasteiger charge is -2.35. The predicted molar refractivity (Wildman–Crippen MR) is 65.2 cm³/mol. The molecule has 0 radical (unpaired) electrons. The Morgan fingerprint density at radius 2 is 2.38 bits per heavy atom. The molecule has 5 heteroatoms. The van der Waals surface area contributed by atoms with Crippen molar-refractivity contribution < 1.29 is 0 Å². The standard InChI is InChI=1S/C11H19N5/c1-8-5-9(3-4-16(8)2)15-11-10(12)6-13-7-14-11/h6-9H,3-5,12H2,1-2H3,(H,13,14,15). The Morgan fingerprint density at radius 1 is 1.56 bits per heavy atom. The van der Waals surface area contributed by atoms with Crippen molar-refractivity contribution in [1.82, 2.24) is 14.9 Å². The van der Waals surface area contributed by atoms with Crippen LogP contribution in [0.4, 0.5) is 11.5 Å². The molecule has 16 heavy (non-hydrogen) atoms. The smallest absolute Gasteiger partial charge is 0.152 e. The molecule has 0 aromatic carbocycles. The van der Waals surface area contributed by atoms with Crippen LogP contribution in [-0.2, 0) is 0 Å². The zero-order valence-corrected chi connectivity index (χ0v) is 9.85. The molecule has 0 spiro atoms. The van der Waals surface area contributed by atoms with E-state index in [-0.39, 0.29) is 0 Å². The van der Waals surface area contributed by atoms with Crippen LogP contribution < -0.4 is 11.1 Å². The molecule has 2 heterocycles. The highest BCUT2D eigenvalue weighted by Gasteiger charge is 2.23. The molecule has 0 aliphatic carbocycles. The van der Waals surface area contributed by atoms with E-state index < -0.39 is 0 Å². The Hall–Kier alpha value is -1.36. The minimum atomic E-state index is 0.461. The van der Waals surface area contributed by atoms with Crippen LogP contribution in [0.5, 0.6) is 0 Å². The van der Waals surface area contributed by atoms with E-state index in [1.807, 2.05) is 0 Å².